The first-order chi connectivity index (χ1) is 9.17. The van der Waals surface area contributed by atoms with Crippen molar-refractivity contribution < 1.29 is 14.3 Å². The van der Waals surface area contributed by atoms with E-state index in [1.54, 1.807) is 19.2 Å². The number of carbonyl (C=O) groups excluding carboxylic acids is 1. The smallest absolute Gasteiger partial charge is 0.356 e. The second-order valence-corrected chi connectivity index (χ2v) is 4.29. The average molecular weight is 281 g/mol. The molecule has 6 heteroatoms. The van der Waals surface area contributed by atoms with Crippen LogP contribution in [0.5, 0.6) is 0 Å². The maximum atomic E-state index is 11.6. The van der Waals surface area contributed by atoms with E-state index in [9.17, 15) is 4.79 Å². The number of carbonyl (C=O) groups is 1. The molecule has 0 amide bonds. The van der Waals surface area contributed by atoms with Gasteiger partial charge in [0.25, 0.3) is 0 Å². The Balaban J connectivity index is 2.48. The Morgan fingerprint density at radius 2 is 2.00 bits per heavy atom. The Morgan fingerprint density at radius 1 is 1.32 bits per heavy atom. The minimum absolute atomic E-state index is 0.263. The molecule has 0 aliphatic heterocycles. The Hall–Kier alpha value is -1.85. The number of H-pyrrole nitrogens is 1. The zero-order chi connectivity index (χ0) is 13.8. The molecule has 5 nitrogen and oxygen atoms in total. The van der Waals surface area contributed by atoms with Gasteiger partial charge in [-0.3, -0.25) is 5.10 Å². The highest BCUT2D eigenvalue weighted by Gasteiger charge is 2.20. The molecule has 0 atom stereocenters. The summed E-state index contributed by atoms with van der Waals surface area (Å²) in [6.07, 6.45) is 0. The van der Waals surface area contributed by atoms with Gasteiger partial charge in [-0.1, -0.05) is 23.7 Å². The summed E-state index contributed by atoms with van der Waals surface area (Å²) >= 11 is 5.85. The van der Waals surface area contributed by atoms with E-state index in [2.05, 4.69) is 10.2 Å². The van der Waals surface area contributed by atoms with Crippen LogP contribution in [0.15, 0.2) is 24.3 Å². The number of aromatic amines is 1. The molecule has 0 aliphatic carbocycles. The van der Waals surface area contributed by atoms with Crippen molar-refractivity contribution in [3.63, 3.8) is 0 Å². The van der Waals surface area contributed by atoms with Gasteiger partial charge in [-0.15, -0.1) is 0 Å². The van der Waals surface area contributed by atoms with Gasteiger partial charge >= 0.3 is 5.97 Å². The highest BCUT2D eigenvalue weighted by atomic mass is 35.5. The van der Waals surface area contributed by atoms with Crippen molar-refractivity contribution in [3.8, 4) is 11.3 Å². The number of nitrogens with zero attached hydrogens (tertiary/aromatic N) is 1. The lowest BCUT2D eigenvalue weighted by atomic mass is 10.1. The summed E-state index contributed by atoms with van der Waals surface area (Å²) in [6, 6.07) is 7.19. The van der Waals surface area contributed by atoms with Gasteiger partial charge < -0.3 is 9.47 Å². The number of ether oxygens (including phenoxy) is 2. The number of hydrogen-bond acceptors (Lipinski definition) is 4. The van der Waals surface area contributed by atoms with Crippen LogP contribution in [0.2, 0.25) is 5.02 Å². The van der Waals surface area contributed by atoms with E-state index in [-0.39, 0.29) is 6.61 Å². The topological polar surface area (TPSA) is 64.2 Å². The Morgan fingerprint density at radius 3 is 2.58 bits per heavy atom. The van der Waals surface area contributed by atoms with E-state index >= 15 is 0 Å². The summed E-state index contributed by atoms with van der Waals surface area (Å²) in [5.74, 6) is -0.472. The fraction of sp³-hybridized carbons (Fsp3) is 0.231. The van der Waals surface area contributed by atoms with Crippen molar-refractivity contribution in [3.05, 3.63) is 40.5 Å². The summed E-state index contributed by atoms with van der Waals surface area (Å²) in [7, 11) is 2.88. The number of benzene rings is 1. The second-order valence-electron chi connectivity index (χ2n) is 3.86. The molecule has 0 saturated carbocycles. The molecule has 0 bridgehead atoms. The number of hydrogen-bond donors (Lipinski definition) is 1. The number of rotatable bonds is 4. The molecule has 0 radical (unpaired) electrons. The van der Waals surface area contributed by atoms with E-state index in [0.29, 0.717) is 22.0 Å². The number of halogens is 1. The SMILES string of the molecule is COCc1c(-c2ccc(Cl)cc2)n[nH]c1C(=O)OC. The van der Waals surface area contributed by atoms with Crippen molar-refractivity contribution in [2.45, 2.75) is 6.61 Å². The molecule has 2 rings (SSSR count). The van der Waals surface area contributed by atoms with Gasteiger partial charge in [0.1, 0.15) is 5.69 Å². The fourth-order valence-corrected chi connectivity index (χ4v) is 1.89. The largest absolute Gasteiger partial charge is 0.464 e. The van der Waals surface area contributed by atoms with Crippen LogP contribution in [0.4, 0.5) is 0 Å². The van der Waals surface area contributed by atoms with Crippen molar-refractivity contribution in [2.24, 2.45) is 0 Å². The molecule has 19 heavy (non-hydrogen) atoms. The third-order valence-electron chi connectivity index (χ3n) is 2.66. The second kappa shape index (κ2) is 5.86. The van der Waals surface area contributed by atoms with E-state index in [1.807, 2.05) is 12.1 Å². The molecule has 0 aliphatic rings. The standard InChI is InChI=1S/C13H13ClN2O3/c1-18-7-10-11(8-3-5-9(14)6-4-8)15-16-12(10)13(17)19-2/h3-6H,7H2,1-2H3,(H,15,16). The van der Waals surface area contributed by atoms with Gasteiger partial charge in [0.05, 0.1) is 19.4 Å². The molecule has 0 fully saturated rings. The van der Waals surface area contributed by atoms with Crippen LogP contribution in [-0.2, 0) is 16.1 Å². The van der Waals surface area contributed by atoms with Gasteiger partial charge in [0.15, 0.2) is 0 Å². The monoisotopic (exact) mass is 280 g/mol. The van der Waals surface area contributed by atoms with Gasteiger partial charge in [0, 0.05) is 23.3 Å². The molecule has 1 heterocycles. The van der Waals surface area contributed by atoms with Crippen LogP contribution in [0.25, 0.3) is 11.3 Å². The highest BCUT2D eigenvalue weighted by Crippen LogP contribution is 2.26. The van der Waals surface area contributed by atoms with Gasteiger partial charge in [-0.2, -0.15) is 5.10 Å². The molecule has 1 aromatic heterocycles. The lowest BCUT2D eigenvalue weighted by Crippen LogP contribution is -2.06. The molecule has 2 aromatic rings. The zero-order valence-corrected chi connectivity index (χ0v) is 11.3. The van der Waals surface area contributed by atoms with E-state index in [0.717, 1.165) is 5.56 Å². The maximum Gasteiger partial charge on any atom is 0.356 e. The highest BCUT2D eigenvalue weighted by molar-refractivity contribution is 6.30. The predicted molar refractivity (Wildman–Crippen MR) is 71.1 cm³/mol. The third kappa shape index (κ3) is 2.77. The van der Waals surface area contributed by atoms with Crippen LogP contribution >= 0.6 is 11.6 Å². The summed E-state index contributed by atoms with van der Waals surface area (Å²) in [5.41, 5.74) is 2.47. The van der Waals surface area contributed by atoms with Crippen LogP contribution in [-0.4, -0.2) is 30.4 Å². The molecule has 0 spiro atoms. The predicted octanol–water partition coefficient (Wildman–Crippen LogP) is 2.66. The molecule has 0 unspecified atom stereocenters. The number of aromatic nitrogens is 2. The minimum atomic E-state index is -0.472. The first kappa shape index (κ1) is 13.6. The van der Waals surface area contributed by atoms with Crippen LogP contribution in [0, 0.1) is 0 Å². The van der Waals surface area contributed by atoms with Crippen LogP contribution in [0.3, 0.4) is 0 Å². The first-order valence-electron chi connectivity index (χ1n) is 5.57. The van der Waals surface area contributed by atoms with Crippen molar-refractivity contribution >= 4 is 17.6 Å². The molecule has 100 valence electrons. The first-order valence-corrected chi connectivity index (χ1v) is 5.95. The molecule has 0 saturated heterocycles. The fourth-order valence-electron chi connectivity index (χ4n) is 1.77. The Bertz CT molecular complexity index is 578. The molecular formula is C13H13ClN2O3. The molecular weight excluding hydrogens is 268 g/mol. The summed E-state index contributed by atoms with van der Waals surface area (Å²) < 4.78 is 9.82. The van der Waals surface area contributed by atoms with Gasteiger partial charge in [0.2, 0.25) is 0 Å². The van der Waals surface area contributed by atoms with Crippen LogP contribution in [0.1, 0.15) is 16.1 Å². The zero-order valence-electron chi connectivity index (χ0n) is 10.6. The van der Waals surface area contributed by atoms with E-state index in [4.69, 9.17) is 21.1 Å². The van der Waals surface area contributed by atoms with Gasteiger partial charge in [-0.25, -0.2) is 4.79 Å². The average Bonchev–Trinajstić information content (AvgIpc) is 2.83. The maximum absolute atomic E-state index is 11.6. The third-order valence-corrected chi connectivity index (χ3v) is 2.91. The van der Waals surface area contributed by atoms with Crippen molar-refractivity contribution in [1.29, 1.82) is 0 Å². The Labute approximate surface area is 115 Å². The quantitative estimate of drug-likeness (QED) is 0.875. The summed E-state index contributed by atoms with van der Waals surface area (Å²) in [4.78, 5) is 11.6. The lowest BCUT2D eigenvalue weighted by molar-refractivity contribution is 0.0589. The lowest BCUT2D eigenvalue weighted by Gasteiger charge is -2.04. The molecule has 1 aromatic carbocycles. The number of nitrogens with one attached hydrogen (secondary N) is 1. The normalized spacial score (nSPS) is 10.5. The minimum Gasteiger partial charge on any atom is -0.464 e. The van der Waals surface area contributed by atoms with Crippen LogP contribution < -0.4 is 0 Å². The van der Waals surface area contributed by atoms with Gasteiger partial charge in [-0.05, 0) is 12.1 Å². The summed E-state index contributed by atoms with van der Waals surface area (Å²) in [6.45, 7) is 0.263. The molecule has 1 N–H and O–H groups in total. The summed E-state index contributed by atoms with van der Waals surface area (Å²) in [5, 5.41) is 7.48. The number of methoxy groups -OCH3 is 2. The number of esters is 1. The van der Waals surface area contributed by atoms with Crippen molar-refractivity contribution in [1.82, 2.24) is 10.2 Å². The van der Waals surface area contributed by atoms with E-state index in [1.165, 1.54) is 7.11 Å². The van der Waals surface area contributed by atoms with E-state index < -0.39 is 5.97 Å². The van der Waals surface area contributed by atoms with Crippen molar-refractivity contribution in [2.75, 3.05) is 14.2 Å². The Kier molecular flexibility index (Phi) is 4.19.